The predicted molar refractivity (Wildman–Crippen MR) is 124 cm³/mol. The first-order valence-corrected chi connectivity index (χ1v) is 11.1. The van der Waals surface area contributed by atoms with Crippen molar-refractivity contribution in [3.8, 4) is 0 Å². The largest absolute Gasteiger partial charge is 0.458 e. The Balaban J connectivity index is 1.48. The van der Waals surface area contributed by atoms with Gasteiger partial charge in [0, 0.05) is 12.0 Å². The second-order valence-corrected chi connectivity index (χ2v) is 8.56. The summed E-state index contributed by atoms with van der Waals surface area (Å²) in [5.74, 6) is -1.69. The van der Waals surface area contributed by atoms with E-state index in [4.69, 9.17) is 18.9 Å². The molecule has 0 N–H and O–H groups in total. The van der Waals surface area contributed by atoms with E-state index in [2.05, 4.69) is 0 Å². The fourth-order valence-corrected chi connectivity index (χ4v) is 4.10. The molecule has 0 unspecified atom stereocenters. The Kier molecular flexibility index (Phi) is 7.05. The van der Waals surface area contributed by atoms with Gasteiger partial charge in [-0.25, -0.2) is 4.79 Å². The van der Waals surface area contributed by atoms with Gasteiger partial charge in [-0.3, -0.25) is 9.59 Å². The van der Waals surface area contributed by atoms with E-state index in [0.29, 0.717) is 11.1 Å². The molecule has 3 aromatic carbocycles. The molecular formula is C27H26O7. The van der Waals surface area contributed by atoms with Gasteiger partial charge in [-0.15, -0.1) is 0 Å². The van der Waals surface area contributed by atoms with Gasteiger partial charge >= 0.3 is 5.97 Å². The van der Waals surface area contributed by atoms with Gasteiger partial charge in [0.1, 0.15) is 12.7 Å². The average Bonchev–Trinajstić information content (AvgIpc) is 3.15. The second kappa shape index (κ2) is 10.2. The van der Waals surface area contributed by atoms with Gasteiger partial charge in [-0.2, -0.15) is 0 Å². The van der Waals surface area contributed by atoms with Crippen LogP contribution in [0.2, 0.25) is 0 Å². The van der Waals surface area contributed by atoms with E-state index < -0.39 is 30.1 Å². The summed E-state index contributed by atoms with van der Waals surface area (Å²) < 4.78 is 22.5. The Morgan fingerprint density at radius 1 is 0.941 bits per heavy atom. The van der Waals surface area contributed by atoms with Crippen LogP contribution in [-0.4, -0.2) is 48.9 Å². The van der Waals surface area contributed by atoms with E-state index in [0.717, 1.165) is 10.8 Å². The summed E-state index contributed by atoms with van der Waals surface area (Å²) in [6.45, 7) is 3.47. The molecule has 7 nitrogen and oxygen atoms in total. The molecule has 34 heavy (non-hydrogen) atoms. The van der Waals surface area contributed by atoms with Gasteiger partial charge in [0.2, 0.25) is 0 Å². The molecule has 0 aromatic heterocycles. The molecule has 3 aromatic rings. The smallest absolute Gasteiger partial charge is 0.338 e. The number of fused-ring (bicyclic) bond motifs is 1. The molecule has 1 saturated heterocycles. The van der Waals surface area contributed by atoms with Crippen LogP contribution in [0, 0.1) is 0 Å². The van der Waals surface area contributed by atoms with Crippen molar-refractivity contribution in [2.24, 2.45) is 0 Å². The minimum atomic E-state index is -1.01. The van der Waals surface area contributed by atoms with E-state index in [-0.39, 0.29) is 25.3 Å². The minimum absolute atomic E-state index is 0.0117. The molecule has 1 heterocycles. The second-order valence-electron chi connectivity index (χ2n) is 8.56. The van der Waals surface area contributed by atoms with Gasteiger partial charge in [0.05, 0.1) is 11.7 Å². The molecule has 3 atom stereocenters. The van der Waals surface area contributed by atoms with E-state index >= 15 is 0 Å². The molecule has 0 aliphatic carbocycles. The lowest BCUT2D eigenvalue weighted by atomic mass is 9.97. The number of esters is 1. The Morgan fingerprint density at radius 2 is 1.65 bits per heavy atom. The van der Waals surface area contributed by atoms with Gasteiger partial charge in [0.25, 0.3) is 6.47 Å². The standard InChI is InChI=1S/C27H26O7/c1-27(2)33-23(15-22(29)21-13-12-18-8-6-7-11-20(18)14-21)25(34-27)24(32-17-28)16-31-26(30)19-9-4-3-5-10-19/h3-14,17,23-25H,15-16H2,1-2H3/t23-,24-,25+/m1/s1. The summed E-state index contributed by atoms with van der Waals surface area (Å²) in [4.78, 5) is 36.7. The van der Waals surface area contributed by atoms with E-state index in [1.807, 2.05) is 36.4 Å². The highest BCUT2D eigenvalue weighted by Gasteiger charge is 2.47. The Morgan fingerprint density at radius 3 is 2.38 bits per heavy atom. The van der Waals surface area contributed by atoms with Gasteiger partial charge in [-0.1, -0.05) is 54.6 Å². The van der Waals surface area contributed by atoms with Gasteiger partial charge in [0.15, 0.2) is 17.7 Å². The molecule has 4 rings (SSSR count). The Hall–Kier alpha value is -3.55. The van der Waals surface area contributed by atoms with Crippen molar-refractivity contribution < 1.29 is 33.3 Å². The first-order chi connectivity index (χ1) is 16.4. The number of rotatable bonds is 9. The number of ketones is 1. The van der Waals surface area contributed by atoms with Crippen LogP contribution in [0.15, 0.2) is 72.8 Å². The van der Waals surface area contributed by atoms with E-state index in [1.165, 1.54) is 0 Å². The number of hydrogen-bond acceptors (Lipinski definition) is 7. The number of Topliss-reactive ketones (excluding diaryl/α,β-unsaturated/α-hetero) is 1. The summed E-state index contributed by atoms with van der Waals surface area (Å²) in [7, 11) is 0. The number of benzene rings is 3. The summed E-state index contributed by atoms with van der Waals surface area (Å²) in [5.41, 5.74) is 0.924. The lowest BCUT2D eigenvalue weighted by Crippen LogP contribution is -2.41. The predicted octanol–water partition coefficient (Wildman–Crippen LogP) is 4.33. The summed E-state index contributed by atoms with van der Waals surface area (Å²) in [5, 5.41) is 2.00. The van der Waals surface area contributed by atoms with Crippen LogP contribution in [0.25, 0.3) is 10.8 Å². The highest BCUT2D eigenvalue weighted by atomic mass is 16.8. The lowest BCUT2D eigenvalue weighted by Gasteiger charge is -2.24. The van der Waals surface area contributed by atoms with Gasteiger partial charge in [-0.05, 0) is 42.8 Å². The van der Waals surface area contributed by atoms with Crippen LogP contribution in [-0.2, 0) is 23.7 Å². The van der Waals surface area contributed by atoms with Gasteiger partial charge < -0.3 is 18.9 Å². The molecule has 0 saturated carbocycles. The number of carbonyl (C=O) groups is 3. The molecule has 0 radical (unpaired) electrons. The van der Waals surface area contributed by atoms with Crippen LogP contribution in [0.4, 0.5) is 0 Å². The molecule has 176 valence electrons. The average molecular weight is 462 g/mol. The molecule has 0 bridgehead atoms. The maximum Gasteiger partial charge on any atom is 0.338 e. The van der Waals surface area contributed by atoms with Crippen LogP contribution >= 0.6 is 0 Å². The van der Waals surface area contributed by atoms with Crippen molar-refractivity contribution in [3.63, 3.8) is 0 Å². The maximum atomic E-state index is 13.1. The fourth-order valence-electron chi connectivity index (χ4n) is 4.10. The number of carbonyl (C=O) groups excluding carboxylic acids is 3. The van der Waals surface area contributed by atoms with E-state index in [9.17, 15) is 14.4 Å². The molecule has 7 heteroatoms. The quantitative estimate of drug-likeness (QED) is 0.266. The van der Waals surface area contributed by atoms with Crippen molar-refractivity contribution in [3.05, 3.63) is 83.9 Å². The lowest BCUT2D eigenvalue weighted by molar-refractivity contribution is -0.167. The van der Waals surface area contributed by atoms with Crippen molar-refractivity contribution in [2.75, 3.05) is 6.61 Å². The highest BCUT2D eigenvalue weighted by Crippen LogP contribution is 2.33. The fraction of sp³-hybridized carbons (Fsp3) is 0.296. The first kappa shape index (κ1) is 23.6. The van der Waals surface area contributed by atoms with Crippen molar-refractivity contribution in [1.82, 2.24) is 0 Å². The zero-order valence-electron chi connectivity index (χ0n) is 19.0. The zero-order valence-corrected chi connectivity index (χ0v) is 19.0. The number of hydrogen-bond donors (Lipinski definition) is 0. The van der Waals surface area contributed by atoms with Crippen LogP contribution in [0.5, 0.6) is 0 Å². The Labute approximate surface area is 197 Å². The third kappa shape index (κ3) is 5.50. The maximum absolute atomic E-state index is 13.1. The van der Waals surface area contributed by atoms with Crippen LogP contribution in [0.3, 0.4) is 0 Å². The van der Waals surface area contributed by atoms with Crippen LogP contribution < -0.4 is 0 Å². The molecule has 0 spiro atoms. The van der Waals surface area contributed by atoms with E-state index in [1.54, 1.807) is 50.2 Å². The highest BCUT2D eigenvalue weighted by molar-refractivity contribution is 6.00. The zero-order chi connectivity index (χ0) is 24.1. The summed E-state index contributed by atoms with van der Waals surface area (Å²) >= 11 is 0. The van der Waals surface area contributed by atoms with Crippen LogP contribution in [0.1, 0.15) is 41.0 Å². The summed E-state index contributed by atoms with van der Waals surface area (Å²) in [6, 6.07) is 21.8. The Bertz CT molecular complexity index is 1170. The van der Waals surface area contributed by atoms with Crippen molar-refractivity contribution >= 4 is 29.0 Å². The SMILES string of the molecule is CC1(C)O[C@H]([C@@H](COC(=O)c2ccccc2)OC=O)[C@@H](CC(=O)c2ccc3ccccc3c2)O1. The molecule has 0 amide bonds. The van der Waals surface area contributed by atoms with Crippen molar-refractivity contribution in [2.45, 2.75) is 44.4 Å². The molecule has 1 aliphatic heterocycles. The topological polar surface area (TPSA) is 88.1 Å². The monoisotopic (exact) mass is 462 g/mol. The minimum Gasteiger partial charge on any atom is -0.458 e. The number of ether oxygens (including phenoxy) is 4. The van der Waals surface area contributed by atoms with Crippen molar-refractivity contribution in [1.29, 1.82) is 0 Å². The molecule has 1 aliphatic rings. The third-order valence-electron chi connectivity index (χ3n) is 5.66. The molecular weight excluding hydrogens is 436 g/mol. The molecule has 1 fully saturated rings. The third-order valence-corrected chi connectivity index (χ3v) is 5.66. The summed E-state index contributed by atoms with van der Waals surface area (Å²) in [6.07, 6.45) is -2.43. The first-order valence-electron chi connectivity index (χ1n) is 11.1. The normalized spacial score (nSPS) is 19.9.